The Kier molecular flexibility index (Phi) is 4.73. The summed E-state index contributed by atoms with van der Waals surface area (Å²) in [6, 6.07) is 0. The number of hydrogen-bond acceptors (Lipinski definition) is 3. The fourth-order valence-corrected chi connectivity index (χ4v) is 2.93. The van der Waals surface area contributed by atoms with E-state index in [9.17, 15) is 0 Å². The van der Waals surface area contributed by atoms with Crippen molar-refractivity contribution in [3.05, 3.63) is 15.6 Å². The largest absolute Gasteiger partial charge is 0.330 e. The molecule has 0 aromatic carbocycles. The van der Waals surface area contributed by atoms with Crippen LogP contribution in [0.3, 0.4) is 0 Å². The van der Waals surface area contributed by atoms with Gasteiger partial charge in [0, 0.05) is 16.8 Å². The maximum Gasteiger partial charge on any atom is 0.1000 e. The molecule has 1 rings (SSSR count). The van der Waals surface area contributed by atoms with Gasteiger partial charge in [0.15, 0.2) is 0 Å². The summed E-state index contributed by atoms with van der Waals surface area (Å²) in [5.41, 5.74) is 7.13. The first kappa shape index (κ1) is 14.7. The van der Waals surface area contributed by atoms with Crippen LogP contribution >= 0.6 is 11.3 Å². The lowest BCUT2D eigenvalue weighted by Crippen LogP contribution is -2.27. The average Bonchev–Trinajstić information content (AvgIpc) is 2.61. The van der Waals surface area contributed by atoms with E-state index in [1.807, 2.05) is 11.3 Å². The van der Waals surface area contributed by atoms with Crippen LogP contribution in [0.4, 0.5) is 0 Å². The number of nitrogens with two attached hydrogens (primary N) is 1. The minimum atomic E-state index is 0.00351. The Morgan fingerprint density at radius 1 is 1.24 bits per heavy atom. The molecule has 0 aliphatic rings. The summed E-state index contributed by atoms with van der Waals surface area (Å²) in [6.45, 7) is 14.0. The first-order valence-corrected chi connectivity index (χ1v) is 7.29. The molecule has 0 aliphatic heterocycles. The highest BCUT2D eigenvalue weighted by atomic mass is 32.1. The van der Waals surface area contributed by atoms with Crippen LogP contribution < -0.4 is 5.73 Å². The van der Waals surface area contributed by atoms with Gasteiger partial charge in [-0.05, 0) is 18.3 Å². The fourth-order valence-electron chi connectivity index (χ4n) is 1.72. The second kappa shape index (κ2) is 5.49. The average molecular weight is 254 g/mol. The van der Waals surface area contributed by atoms with E-state index >= 15 is 0 Å². The van der Waals surface area contributed by atoms with E-state index in [0.29, 0.717) is 18.4 Å². The van der Waals surface area contributed by atoms with Crippen LogP contribution in [0.5, 0.6) is 0 Å². The van der Waals surface area contributed by atoms with Crippen LogP contribution in [0.15, 0.2) is 0 Å². The summed E-state index contributed by atoms with van der Waals surface area (Å²) in [7, 11) is 0. The summed E-state index contributed by atoms with van der Waals surface area (Å²) in [4.78, 5) is 6.29. The zero-order valence-electron chi connectivity index (χ0n) is 12.0. The Labute approximate surface area is 110 Å². The summed E-state index contributed by atoms with van der Waals surface area (Å²) in [5.74, 6) is 1.21. The molecule has 17 heavy (non-hydrogen) atoms. The Hall–Kier alpha value is -0.410. The van der Waals surface area contributed by atoms with Crippen LogP contribution in [0.1, 0.15) is 63.0 Å². The number of nitrogens with zero attached hydrogens (tertiary/aromatic N) is 1. The van der Waals surface area contributed by atoms with Crippen LogP contribution in [-0.2, 0) is 11.8 Å². The molecule has 0 aliphatic carbocycles. The van der Waals surface area contributed by atoms with E-state index in [2.05, 4.69) is 41.5 Å². The van der Waals surface area contributed by atoms with Gasteiger partial charge < -0.3 is 5.73 Å². The van der Waals surface area contributed by atoms with Gasteiger partial charge in [0.2, 0.25) is 0 Å². The van der Waals surface area contributed by atoms with Gasteiger partial charge in [-0.3, -0.25) is 0 Å². The van der Waals surface area contributed by atoms with E-state index in [4.69, 9.17) is 10.7 Å². The summed E-state index contributed by atoms with van der Waals surface area (Å²) in [6.07, 6.45) is 1.07. The SMILES string of the molecule is CC(C)Cc1nc(C(C)(C)CN)sc1C(C)C. The molecule has 0 spiro atoms. The van der Waals surface area contributed by atoms with Crippen LogP contribution in [-0.4, -0.2) is 11.5 Å². The molecule has 0 radical (unpaired) electrons. The summed E-state index contributed by atoms with van der Waals surface area (Å²) >= 11 is 1.85. The van der Waals surface area contributed by atoms with E-state index in [0.717, 1.165) is 6.42 Å². The molecular weight excluding hydrogens is 228 g/mol. The fraction of sp³-hybridized carbons (Fsp3) is 0.786. The topological polar surface area (TPSA) is 38.9 Å². The lowest BCUT2D eigenvalue weighted by atomic mass is 9.95. The molecule has 0 saturated carbocycles. The van der Waals surface area contributed by atoms with Crippen molar-refractivity contribution in [2.24, 2.45) is 11.7 Å². The molecule has 3 heteroatoms. The van der Waals surface area contributed by atoms with Gasteiger partial charge in [0.1, 0.15) is 0 Å². The van der Waals surface area contributed by atoms with Crippen molar-refractivity contribution in [3.63, 3.8) is 0 Å². The normalized spacial score (nSPS) is 12.8. The second-order valence-corrected chi connectivity index (χ2v) is 7.20. The van der Waals surface area contributed by atoms with E-state index in [1.165, 1.54) is 15.6 Å². The van der Waals surface area contributed by atoms with Crippen LogP contribution in [0.25, 0.3) is 0 Å². The molecule has 2 nitrogen and oxygen atoms in total. The minimum Gasteiger partial charge on any atom is -0.330 e. The monoisotopic (exact) mass is 254 g/mol. The molecule has 0 saturated heterocycles. The van der Waals surface area contributed by atoms with Gasteiger partial charge in [-0.25, -0.2) is 4.98 Å². The van der Waals surface area contributed by atoms with Gasteiger partial charge in [0.05, 0.1) is 10.7 Å². The Balaban J connectivity index is 3.12. The number of hydrogen-bond donors (Lipinski definition) is 1. The number of rotatable bonds is 5. The van der Waals surface area contributed by atoms with Gasteiger partial charge in [-0.1, -0.05) is 41.5 Å². The molecular formula is C14H26N2S. The smallest absolute Gasteiger partial charge is 0.1000 e. The third-order valence-corrected chi connectivity index (χ3v) is 4.71. The molecule has 98 valence electrons. The van der Waals surface area contributed by atoms with Gasteiger partial charge in [-0.2, -0.15) is 0 Å². The molecule has 1 aromatic heterocycles. The van der Waals surface area contributed by atoms with Crippen molar-refractivity contribution >= 4 is 11.3 Å². The molecule has 0 atom stereocenters. The van der Waals surface area contributed by atoms with Crippen LogP contribution in [0, 0.1) is 5.92 Å². The van der Waals surface area contributed by atoms with Crippen molar-refractivity contribution in [1.29, 1.82) is 0 Å². The highest BCUT2D eigenvalue weighted by Gasteiger charge is 2.25. The van der Waals surface area contributed by atoms with E-state index in [-0.39, 0.29) is 5.41 Å². The molecule has 2 N–H and O–H groups in total. The maximum atomic E-state index is 5.84. The van der Waals surface area contributed by atoms with Gasteiger partial charge in [-0.15, -0.1) is 11.3 Å². The van der Waals surface area contributed by atoms with E-state index < -0.39 is 0 Å². The zero-order valence-corrected chi connectivity index (χ0v) is 12.8. The first-order chi connectivity index (χ1) is 7.77. The summed E-state index contributed by atoms with van der Waals surface area (Å²) in [5, 5.41) is 1.19. The molecule has 0 bridgehead atoms. The van der Waals surface area contributed by atoms with E-state index in [1.54, 1.807) is 0 Å². The van der Waals surface area contributed by atoms with Crippen LogP contribution in [0.2, 0.25) is 0 Å². The third kappa shape index (κ3) is 3.52. The highest BCUT2D eigenvalue weighted by molar-refractivity contribution is 7.12. The summed E-state index contributed by atoms with van der Waals surface area (Å²) < 4.78 is 0. The highest BCUT2D eigenvalue weighted by Crippen LogP contribution is 2.34. The van der Waals surface area contributed by atoms with Crippen molar-refractivity contribution in [2.75, 3.05) is 6.54 Å². The molecule has 1 aromatic rings. The zero-order chi connectivity index (χ0) is 13.2. The first-order valence-electron chi connectivity index (χ1n) is 6.48. The van der Waals surface area contributed by atoms with Crippen molar-refractivity contribution in [2.45, 2.75) is 59.3 Å². The van der Waals surface area contributed by atoms with Crippen molar-refractivity contribution in [1.82, 2.24) is 4.98 Å². The van der Waals surface area contributed by atoms with Crippen molar-refractivity contribution in [3.8, 4) is 0 Å². The lowest BCUT2D eigenvalue weighted by molar-refractivity contribution is 0.530. The molecule has 0 fully saturated rings. The minimum absolute atomic E-state index is 0.00351. The molecule has 1 heterocycles. The standard InChI is InChI=1S/C14H26N2S/c1-9(2)7-11-12(10(3)4)17-13(16-11)14(5,6)8-15/h9-10H,7-8,15H2,1-6H3. The Bertz CT molecular complexity index is 364. The second-order valence-electron chi connectivity index (χ2n) is 6.17. The third-order valence-electron chi connectivity index (χ3n) is 2.94. The van der Waals surface area contributed by atoms with Gasteiger partial charge in [0.25, 0.3) is 0 Å². The molecule has 0 amide bonds. The van der Waals surface area contributed by atoms with Gasteiger partial charge >= 0.3 is 0 Å². The predicted molar refractivity (Wildman–Crippen MR) is 76.8 cm³/mol. The predicted octanol–water partition coefficient (Wildman–Crippen LogP) is 3.70. The number of thiazole rings is 1. The number of aromatic nitrogens is 1. The lowest BCUT2D eigenvalue weighted by Gasteiger charge is -2.18. The molecule has 0 unspecified atom stereocenters. The Morgan fingerprint density at radius 2 is 1.82 bits per heavy atom. The maximum absolute atomic E-state index is 5.84. The quantitative estimate of drug-likeness (QED) is 0.870. The Morgan fingerprint density at radius 3 is 2.24 bits per heavy atom. The van der Waals surface area contributed by atoms with Crippen molar-refractivity contribution < 1.29 is 0 Å².